The zero-order valence-corrected chi connectivity index (χ0v) is 12.8. The van der Waals surface area contributed by atoms with Crippen molar-refractivity contribution < 1.29 is 23.1 Å². The predicted octanol–water partition coefficient (Wildman–Crippen LogP) is 0.135. The molecule has 0 spiro atoms. The summed E-state index contributed by atoms with van der Waals surface area (Å²) in [6.45, 7) is 6.76. The summed E-state index contributed by atoms with van der Waals surface area (Å²) in [6.07, 6.45) is -0.417. The van der Waals surface area contributed by atoms with Gasteiger partial charge in [-0.25, -0.2) is 0 Å². The number of hydrogen-bond donors (Lipinski definition) is 1. The molecule has 1 rings (SSSR count). The molecular weight excluding hydrogens is 272 g/mol. The fourth-order valence-corrected chi connectivity index (χ4v) is 3.71. The number of carbonyl (C=O) groups is 1. The van der Waals surface area contributed by atoms with Gasteiger partial charge in [0.1, 0.15) is 5.54 Å². The summed E-state index contributed by atoms with van der Waals surface area (Å²) in [6, 6.07) is 0. The van der Waals surface area contributed by atoms with Gasteiger partial charge in [-0.3, -0.25) is 4.79 Å². The first kappa shape index (κ1) is 16.4. The molecule has 1 heterocycles. The molecule has 112 valence electrons. The number of carboxylic acid groups (broad SMARTS) is 1. The van der Waals surface area contributed by atoms with Gasteiger partial charge in [0.15, 0.2) is 0 Å². The van der Waals surface area contributed by atoms with E-state index in [4.69, 9.17) is 9.84 Å². The molecule has 0 saturated carbocycles. The molecule has 2 atom stereocenters. The standard InChI is InChI=1S/C11H22N2O5S/c1-8-6-13(7-9(2)18-8)19(16,17)12(5)11(3,4)10(14)15/h8-9H,6-7H2,1-5H3,(H,14,15). The third-order valence-electron chi connectivity index (χ3n) is 3.37. The third kappa shape index (κ3) is 3.25. The monoisotopic (exact) mass is 294 g/mol. The van der Waals surface area contributed by atoms with Crippen LogP contribution in [0.3, 0.4) is 0 Å². The summed E-state index contributed by atoms with van der Waals surface area (Å²) in [7, 11) is -2.54. The molecule has 0 aromatic rings. The second kappa shape index (κ2) is 5.35. The van der Waals surface area contributed by atoms with Crippen LogP contribution < -0.4 is 0 Å². The molecule has 19 heavy (non-hydrogen) atoms. The highest BCUT2D eigenvalue weighted by Crippen LogP contribution is 2.22. The second-order valence-electron chi connectivity index (χ2n) is 5.41. The molecule has 0 aromatic heterocycles. The lowest BCUT2D eigenvalue weighted by Crippen LogP contribution is -2.58. The first-order chi connectivity index (χ1) is 8.49. The molecule has 0 aromatic carbocycles. The van der Waals surface area contributed by atoms with Crippen molar-refractivity contribution in [1.82, 2.24) is 8.61 Å². The van der Waals surface area contributed by atoms with Gasteiger partial charge >= 0.3 is 5.97 Å². The molecule has 8 heteroatoms. The van der Waals surface area contributed by atoms with Crippen molar-refractivity contribution in [1.29, 1.82) is 0 Å². The molecule has 1 aliphatic heterocycles. The van der Waals surface area contributed by atoms with Crippen molar-refractivity contribution in [2.45, 2.75) is 45.4 Å². The van der Waals surface area contributed by atoms with Crippen LogP contribution in [0.25, 0.3) is 0 Å². The van der Waals surface area contributed by atoms with Crippen LogP contribution in [0.15, 0.2) is 0 Å². The molecule has 0 aliphatic carbocycles. The molecule has 7 nitrogen and oxygen atoms in total. The van der Waals surface area contributed by atoms with E-state index in [9.17, 15) is 13.2 Å². The van der Waals surface area contributed by atoms with E-state index < -0.39 is 21.7 Å². The minimum Gasteiger partial charge on any atom is -0.480 e. The summed E-state index contributed by atoms with van der Waals surface area (Å²) in [5.74, 6) is -1.19. The summed E-state index contributed by atoms with van der Waals surface area (Å²) in [5.41, 5.74) is -1.50. The number of hydrogen-bond acceptors (Lipinski definition) is 4. The lowest BCUT2D eigenvalue weighted by Gasteiger charge is -2.39. The quantitative estimate of drug-likeness (QED) is 0.796. The van der Waals surface area contributed by atoms with Crippen LogP contribution in [-0.2, 0) is 19.7 Å². The lowest BCUT2D eigenvalue weighted by molar-refractivity contribution is -0.146. The predicted molar refractivity (Wildman–Crippen MR) is 70.0 cm³/mol. The van der Waals surface area contributed by atoms with Crippen LogP contribution in [-0.4, -0.2) is 66.0 Å². The molecule has 0 radical (unpaired) electrons. The first-order valence-corrected chi connectivity index (χ1v) is 7.52. The molecule has 1 N–H and O–H groups in total. The highest BCUT2D eigenvalue weighted by atomic mass is 32.2. The molecule has 1 aliphatic rings. The van der Waals surface area contributed by atoms with Crippen LogP contribution in [0.2, 0.25) is 0 Å². The van der Waals surface area contributed by atoms with Gasteiger partial charge in [0.2, 0.25) is 0 Å². The highest BCUT2D eigenvalue weighted by Gasteiger charge is 2.43. The zero-order valence-electron chi connectivity index (χ0n) is 12.0. The third-order valence-corrected chi connectivity index (χ3v) is 5.47. The minimum atomic E-state index is -3.82. The Hall–Kier alpha value is -0.700. The smallest absolute Gasteiger partial charge is 0.324 e. The van der Waals surface area contributed by atoms with E-state index in [1.54, 1.807) is 13.8 Å². The first-order valence-electron chi connectivity index (χ1n) is 6.12. The SMILES string of the molecule is CC1CN(S(=O)(=O)N(C)C(C)(C)C(=O)O)CC(C)O1. The van der Waals surface area contributed by atoms with Crippen LogP contribution >= 0.6 is 0 Å². The van der Waals surface area contributed by atoms with E-state index in [1.165, 1.54) is 25.2 Å². The van der Waals surface area contributed by atoms with Gasteiger partial charge < -0.3 is 9.84 Å². The number of aliphatic carboxylic acids is 1. The van der Waals surface area contributed by atoms with E-state index >= 15 is 0 Å². The van der Waals surface area contributed by atoms with Gasteiger partial charge in [-0.1, -0.05) is 0 Å². The maximum atomic E-state index is 12.5. The normalized spacial score (nSPS) is 26.6. The fourth-order valence-electron chi connectivity index (χ4n) is 1.92. The van der Waals surface area contributed by atoms with Gasteiger partial charge in [-0.2, -0.15) is 17.0 Å². The number of likely N-dealkylation sites (N-methyl/N-ethyl adjacent to an activating group) is 1. The maximum absolute atomic E-state index is 12.5. The van der Waals surface area contributed by atoms with E-state index in [-0.39, 0.29) is 25.3 Å². The van der Waals surface area contributed by atoms with Gasteiger partial charge in [-0.15, -0.1) is 0 Å². The van der Waals surface area contributed by atoms with Crippen molar-refractivity contribution in [2.75, 3.05) is 20.1 Å². The molecule has 2 unspecified atom stereocenters. The molecular formula is C11H22N2O5S. The molecule has 1 fully saturated rings. The Bertz CT molecular complexity index is 438. The number of rotatable bonds is 4. The average molecular weight is 294 g/mol. The summed E-state index contributed by atoms with van der Waals surface area (Å²) < 4.78 is 32.6. The van der Waals surface area contributed by atoms with Crippen molar-refractivity contribution >= 4 is 16.2 Å². The Labute approximate surface area is 114 Å². The topological polar surface area (TPSA) is 87.2 Å². The molecule has 0 bridgehead atoms. The Morgan fingerprint density at radius 1 is 1.32 bits per heavy atom. The highest BCUT2D eigenvalue weighted by molar-refractivity contribution is 7.86. The van der Waals surface area contributed by atoms with Gasteiger partial charge in [0.25, 0.3) is 10.2 Å². The van der Waals surface area contributed by atoms with Gasteiger partial charge in [-0.05, 0) is 27.7 Å². The minimum absolute atomic E-state index is 0.208. The van der Waals surface area contributed by atoms with Crippen molar-refractivity contribution in [3.8, 4) is 0 Å². The van der Waals surface area contributed by atoms with E-state index in [0.717, 1.165) is 4.31 Å². The number of morpholine rings is 1. The van der Waals surface area contributed by atoms with Crippen molar-refractivity contribution in [2.24, 2.45) is 0 Å². The van der Waals surface area contributed by atoms with Crippen molar-refractivity contribution in [3.63, 3.8) is 0 Å². The van der Waals surface area contributed by atoms with Crippen LogP contribution in [0.5, 0.6) is 0 Å². The van der Waals surface area contributed by atoms with Crippen LogP contribution in [0, 0.1) is 0 Å². The maximum Gasteiger partial charge on any atom is 0.324 e. The number of nitrogens with zero attached hydrogens (tertiary/aromatic N) is 2. The Balaban J connectivity index is 3.01. The van der Waals surface area contributed by atoms with Gasteiger partial charge in [0.05, 0.1) is 12.2 Å². The molecule has 0 amide bonds. The second-order valence-corrected chi connectivity index (χ2v) is 7.37. The van der Waals surface area contributed by atoms with E-state index in [1.807, 2.05) is 0 Å². The van der Waals surface area contributed by atoms with Crippen LogP contribution in [0.1, 0.15) is 27.7 Å². The molecule has 1 saturated heterocycles. The number of ether oxygens (including phenoxy) is 1. The lowest BCUT2D eigenvalue weighted by atomic mass is 10.1. The zero-order chi connectivity index (χ0) is 15.0. The summed E-state index contributed by atoms with van der Waals surface area (Å²) in [5, 5.41) is 9.13. The average Bonchev–Trinajstić information content (AvgIpc) is 2.26. The summed E-state index contributed by atoms with van der Waals surface area (Å²) >= 11 is 0. The Morgan fingerprint density at radius 2 is 1.74 bits per heavy atom. The fraction of sp³-hybridized carbons (Fsp3) is 0.909. The van der Waals surface area contributed by atoms with Crippen LogP contribution in [0.4, 0.5) is 0 Å². The van der Waals surface area contributed by atoms with E-state index in [2.05, 4.69) is 0 Å². The number of carboxylic acids is 1. The Kier molecular flexibility index (Phi) is 4.61. The van der Waals surface area contributed by atoms with Gasteiger partial charge in [0, 0.05) is 20.1 Å². The largest absolute Gasteiger partial charge is 0.480 e. The van der Waals surface area contributed by atoms with E-state index in [0.29, 0.717) is 0 Å². The summed E-state index contributed by atoms with van der Waals surface area (Å²) in [4.78, 5) is 11.2. The van der Waals surface area contributed by atoms with Crippen molar-refractivity contribution in [3.05, 3.63) is 0 Å². The Morgan fingerprint density at radius 3 is 2.11 bits per heavy atom.